The molecule has 3 aromatic rings. The summed E-state index contributed by atoms with van der Waals surface area (Å²) in [6, 6.07) is 7.56. The Kier molecular flexibility index (Phi) is 4.04. The summed E-state index contributed by atoms with van der Waals surface area (Å²) in [5, 5.41) is 2.68. The second-order valence-corrected chi connectivity index (χ2v) is 5.66. The molecule has 3 rings (SSSR count). The van der Waals surface area contributed by atoms with E-state index in [-0.39, 0.29) is 5.75 Å². The third-order valence-electron chi connectivity index (χ3n) is 3.16. The van der Waals surface area contributed by atoms with E-state index >= 15 is 0 Å². The van der Waals surface area contributed by atoms with Crippen LogP contribution in [0.15, 0.2) is 48.1 Å². The highest BCUT2D eigenvalue weighted by Crippen LogP contribution is 2.31. The molecular formula is C16H11F3N2OS. The minimum Gasteiger partial charge on any atom is -0.406 e. The molecule has 0 N–H and O–H groups in total. The molecule has 0 atom stereocenters. The Morgan fingerprint density at radius 2 is 1.83 bits per heavy atom. The fourth-order valence-electron chi connectivity index (χ4n) is 2.05. The molecule has 0 amide bonds. The van der Waals surface area contributed by atoms with Gasteiger partial charge in [-0.15, -0.1) is 24.5 Å². The number of ether oxygens (including phenoxy) is 1. The van der Waals surface area contributed by atoms with Crippen LogP contribution in [0.3, 0.4) is 0 Å². The van der Waals surface area contributed by atoms with Crippen molar-refractivity contribution in [3.8, 4) is 27.6 Å². The number of alkyl halides is 3. The van der Waals surface area contributed by atoms with Gasteiger partial charge in [0.1, 0.15) is 10.8 Å². The number of aryl methyl sites for hydroxylation is 1. The molecule has 0 fully saturated rings. The summed E-state index contributed by atoms with van der Waals surface area (Å²) in [5.41, 5.74) is 3.44. The molecule has 2 aromatic heterocycles. The topological polar surface area (TPSA) is 35.0 Å². The van der Waals surface area contributed by atoms with Crippen LogP contribution in [0, 0.1) is 6.92 Å². The van der Waals surface area contributed by atoms with Gasteiger partial charge in [-0.25, -0.2) is 4.98 Å². The number of halogens is 3. The number of hydrogen-bond donors (Lipinski definition) is 0. The van der Waals surface area contributed by atoms with Gasteiger partial charge in [-0.05, 0) is 42.8 Å². The van der Waals surface area contributed by atoms with Crippen molar-refractivity contribution in [1.82, 2.24) is 9.97 Å². The summed E-state index contributed by atoms with van der Waals surface area (Å²) in [6.45, 7) is 1.97. The lowest BCUT2D eigenvalue weighted by Crippen LogP contribution is -2.16. The third kappa shape index (κ3) is 3.68. The molecule has 2 heterocycles. The Labute approximate surface area is 134 Å². The average molecular weight is 336 g/mol. The van der Waals surface area contributed by atoms with Crippen LogP contribution in [0.2, 0.25) is 0 Å². The minimum absolute atomic E-state index is 0.250. The number of pyridine rings is 1. The fraction of sp³-hybridized carbons (Fsp3) is 0.125. The van der Waals surface area contributed by atoms with E-state index in [0.29, 0.717) is 5.69 Å². The van der Waals surface area contributed by atoms with Crippen LogP contribution in [0.4, 0.5) is 13.2 Å². The summed E-state index contributed by atoms with van der Waals surface area (Å²) < 4.78 is 40.3. The first-order valence-corrected chi connectivity index (χ1v) is 7.53. The van der Waals surface area contributed by atoms with E-state index in [1.807, 2.05) is 18.4 Å². The predicted molar refractivity (Wildman–Crippen MR) is 82.2 cm³/mol. The first-order chi connectivity index (χ1) is 10.9. The normalized spacial score (nSPS) is 11.5. The van der Waals surface area contributed by atoms with Gasteiger partial charge < -0.3 is 4.74 Å². The van der Waals surface area contributed by atoms with Crippen LogP contribution in [0.25, 0.3) is 21.8 Å². The molecule has 0 bridgehead atoms. The number of rotatable bonds is 3. The van der Waals surface area contributed by atoms with Gasteiger partial charge in [0.25, 0.3) is 0 Å². The molecule has 0 unspecified atom stereocenters. The second kappa shape index (κ2) is 6.00. The van der Waals surface area contributed by atoms with Gasteiger partial charge in [0.2, 0.25) is 0 Å². The van der Waals surface area contributed by atoms with Gasteiger partial charge in [0.05, 0.1) is 5.69 Å². The summed E-state index contributed by atoms with van der Waals surface area (Å²) in [4.78, 5) is 8.62. The van der Waals surface area contributed by atoms with E-state index < -0.39 is 6.36 Å². The first kappa shape index (κ1) is 15.5. The lowest BCUT2D eigenvalue weighted by Gasteiger charge is -2.08. The molecule has 7 heteroatoms. The monoisotopic (exact) mass is 336 g/mol. The van der Waals surface area contributed by atoms with Crippen LogP contribution in [0.5, 0.6) is 5.75 Å². The zero-order valence-electron chi connectivity index (χ0n) is 12.0. The largest absolute Gasteiger partial charge is 0.573 e. The number of nitrogens with zero attached hydrogens (tertiary/aromatic N) is 2. The van der Waals surface area contributed by atoms with Crippen LogP contribution >= 0.6 is 11.3 Å². The Balaban J connectivity index is 1.85. The molecule has 3 nitrogen and oxygen atoms in total. The standard InChI is InChI=1S/C16H11F3N2OS/c1-10-6-7-20-8-13(10)15-21-14(9-23-15)11-2-4-12(5-3-11)22-16(17,18)19/h2-9H,1H3. The molecule has 0 radical (unpaired) electrons. The van der Waals surface area contributed by atoms with Gasteiger partial charge in [-0.3, -0.25) is 4.98 Å². The Morgan fingerprint density at radius 3 is 2.48 bits per heavy atom. The maximum atomic E-state index is 12.2. The van der Waals surface area contributed by atoms with E-state index in [4.69, 9.17) is 0 Å². The molecule has 118 valence electrons. The van der Waals surface area contributed by atoms with Crippen LogP contribution in [0.1, 0.15) is 5.56 Å². The minimum atomic E-state index is -4.69. The van der Waals surface area contributed by atoms with Crippen molar-refractivity contribution in [3.63, 3.8) is 0 Å². The second-order valence-electron chi connectivity index (χ2n) is 4.80. The highest BCUT2D eigenvalue weighted by molar-refractivity contribution is 7.13. The Hall–Kier alpha value is -2.41. The van der Waals surface area contributed by atoms with Crippen LogP contribution in [-0.2, 0) is 0 Å². The smallest absolute Gasteiger partial charge is 0.406 e. The van der Waals surface area contributed by atoms with Gasteiger partial charge >= 0.3 is 6.36 Å². The molecule has 0 aliphatic rings. The van der Waals surface area contributed by atoms with Gasteiger partial charge in [0.15, 0.2) is 0 Å². The molecule has 0 saturated heterocycles. The maximum absolute atomic E-state index is 12.2. The van der Waals surface area contributed by atoms with Gasteiger partial charge in [-0.1, -0.05) is 0 Å². The highest BCUT2D eigenvalue weighted by Gasteiger charge is 2.30. The van der Waals surface area contributed by atoms with E-state index in [2.05, 4.69) is 14.7 Å². The summed E-state index contributed by atoms with van der Waals surface area (Å²) in [5.74, 6) is -0.250. The van der Waals surface area contributed by atoms with Crippen molar-refractivity contribution >= 4 is 11.3 Å². The molecule has 1 aromatic carbocycles. The highest BCUT2D eigenvalue weighted by atomic mass is 32.1. The third-order valence-corrected chi connectivity index (χ3v) is 4.03. The molecule has 0 aliphatic heterocycles. The SMILES string of the molecule is Cc1ccncc1-c1nc(-c2ccc(OC(F)(F)F)cc2)cs1. The van der Waals surface area contributed by atoms with Crippen molar-refractivity contribution in [1.29, 1.82) is 0 Å². The summed E-state index contributed by atoms with van der Waals surface area (Å²) in [7, 11) is 0. The van der Waals surface area contributed by atoms with Gasteiger partial charge in [0, 0.05) is 28.9 Å². The zero-order chi connectivity index (χ0) is 16.4. The van der Waals surface area contributed by atoms with Crippen LogP contribution < -0.4 is 4.74 Å². The van der Waals surface area contributed by atoms with Crippen molar-refractivity contribution in [2.75, 3.05) is 0 Å². The van der Waals surface area contributed by atoms with Crippen molar-refractivity contribution < 1.29 is 17.9 Å². The van der Waals surface area contributed by atoms with Crippen LogP contribution in [-0.4, -0.2) is 16.3 Å². The fourth-order valence-corrected chi connectivity index (χ4v) is 2.95. The molecule has 23 heavy (non-hydrogen) atoms. The quantitative estimate of drug-likeness (QED) is 0.669. The van der Waals surface area contributed by atoms with Gasteiger partial charge in [-0.2, -0.15) is 0 Å². The summed E-state index contributed by atoms with van der Waals surface area (Å²) >= 11 is 1.46. The molecule has 0 spiro atoms. The number of benzene rings is 1. The predicted octanol–water partition coefficient (Wildman–Crippen LogP) is 5.08. The van der Waals surface area contributed by atoms with E-state index in [9.17, 15) is 13.2 Å². The van der Waals surface area contributed by atoms with Crippen molar-refractivity contribution in [2.24, 2.45) is 0 Å². The zero-order valence-corrected chi connectivity index (χ0v) is 12.8. The molecular weight excluding hydrogens is 325 g/mol. The van der Waals surface area contributed by atoms with E-state index in [1.54, 1.807) is 24.5 Å². The van der Waals surface area contributed by atoms with Crippen molar-refractivity contribution in [3.05, 3.63) is 53.7 Å². The lowest BCUT2D eigenvalue weighted by molar-refractivity contribution is -0.274. The Bertz CT molecular complexity index is 813. The van der Waals surface area contributed by atoms with E-state index in [1.165, 1.54) is 23.5 Å². The lowest BCUT2D eigenvalue weighted by atomic mass is 10.1. The number of aromatic nitrogens is 2. The van der Waals surface area contributed by atoms with Crippen molar-refractivity contribution in [2.45, 2.75) is 13.3 Å². The Morgan fingerprint density at radius 1 is 1.09 bits per heavy atom. The first-order valence-electron chi connectivity index (χ1n) is 6.65. The maximum Gasteiger partial charge on any atom is 0.573 e. The molecule has 0 saturated carbocycles. The average Bonchev–Trinajstić information content (AvgIpc) is 2.96. The molecule has 0 aliphatic carbocycles. The number of thiazole rings is 1. The summed E-state index contributed by atoms with van der Waals surface area (Å²) in [6.07, 6.45) is -1.22. The van der Waals surface area contributed by atoms with E-state index in [0.717, 1.165) is 21.7 Å². The number of hydrogen-bond acceptors (Lipinski definition) is 4.